The Morgan fingerprint density at radius 3 is 2.36 bits per heavy atom. The first-order valence-corrected chi connectivity index (χ1v) is 8.56. The van der Waals surface area contributed by atoms with Crippen molar-refractivity contribution in [3.63, 3.8) is 0 Å². The highest BCUT2D eigenvalue weighted by Crippen LogP contribution is 2.21. The van der Waals surface area contributed by atoms with Gasteiger partial charge in [0.25, 0.3) is 0 Å². The third-order valence-corrected chi connectivity index (χ3v) is 4.31. The second-order valence-corrected chi connectivity index (χ2v) is 7.46. The van der Waals surface area contributed by atoms with Crippen molar-refractivity contribution in [2.24, 2.45) is 5.10 Å². The van der Waals surface area contributed by atoms with Gasteiger partial charge in [-0.25, -0.2) is 0 Å². The first kappa shape index (κ1) is 16.9. The molecule has 0 radical (unpaired) electrons. The number of benzene rings is 1. The molecule has 0 saturated heterocycles. The topological polar surface area (TPSA) is 36.4 Å². The van der Waals surface area contributed by atoms with Gasteiger partial charge in [-0.1, -0.05) is 64.3 Å². The van der Waals surface area contributed by atoms with Crippen LogP contribution in [-0.2, 0) is 5.41 Å². The zero-order valence-electron chi connectivity index (χ0n) is 13.9. The summed E-state index contributed by atoms with van der Waals surface area (Å²) >= 11 is 5.28. The first-order valence-electron chi connectivity index (χ1n) is 8.15. The number of nitrogens with one attached hydrogen (secondary N) is 2. The van der Waals surface area contributed by atoms with Crippen molar-refractivity contribution >= 4 is 23.5 Å². The summed E-state index contributed by atoms with van der Waals surface area (Å²) in [6.07, 6.45) is 8.16. The van der Waals surface area contributed by atoms with E-state index in [-0.39, 0.29) is 5.41 Å². The molecule has 1 aliphatic rings. The zero-order valence-corrected chi connectivity index (χ0v) is 14.7. The number of nitrogens with zero attached hydrogens (tertiary/aromatic N) is 1. The van der Waals surface area contributed by atoms with Gasteiger partial charge >= 0.3 is 0 Å². The minimum absolute atomic E-state index is 0.180. The van der Waals surface area contributed by atoms with Crippen LogP contribution in [0.5, 0.6) is 0 Å². The zero-order chi connectivity index (χ0) is 16.0. The molecule has 1 fully saturated rings. The largest absolute Gasteiger partial charge is 0.359 e. The van der Waals surface area contributed by atoms with Gasteiger partial charge in [0, 0.05) is 6.04 Å². The molecule has 1 aromatic carbocycles. The van der Waals surface area contributed by atoms with Gasteiger partial charge in [0.1, 0.15) is 0 Å². The van der Waals surface area contributed by atoms with E-state index >= 15 is 0 Å². The molecule has 0 aromatic heterocycles. The van der Waals surface area contributed by atoms with Crippen molar-refractivity contribution in [1.82, 2.24) is 10.7 Å². The predicted octanol–water partition coefficient (Wildman–Crippen LogP) is 4.11. The summed E-state index contributed by atoms with van der Waals surface area (Å²) in [5.41, 5.74) is 5.49. The average Bonchev–Trinajstić information content (AvgIpc) is 2.48. The Bertz CT molecular complexity index is 508. The fourth-order valence-corrected chi connectivity index (χ4v) is 2.92. The number of hydrazone groups is 1. The van der Waals surface area contributed by atoms with Gasteiger partial charge in [0.05, 0.1) is 6.21 Å². The SMILES string of the molecule is CC(C)(C)c1ccc(C=NNC(=S)NC2CCCCC2)cc1. The summed E-state index contributed by atoms with van der Waals surface area (Å²) < 4.78 is 0. The lowest BCUT2D eigenvalue weighted by Crippen LogP contribution is -2.40. The number of hydrogen-bond acceptors (Lipinski definition) is 2. The van der Waals surface area contributed by atoms with E-state index in [4.69, 9.17) is 12.2 Å². The maximum atomic E-state index is 5.28. The molecule has 120 valence electrons. The maximum Gasteiger partial charge on any atom is 0.187 e. The van der Waals surface area contributed by atoms with Crippen molar-refractivity contribution in [1.29, 1.82) is 0 Å². The molecule has 0 spiro atoms. The molecule has 2 N–H and O–H groups in total. The Morgan fingerprint density at radius 2 is 1.77 bits per heavy atom. The van der Waals surface area contributed by atoms with E-state index in [1.54, 1.807) is 6.21 Å². The van der Waals surface area contributed by atoms with Crippen LogP contribution in [0.1, 0.15) is 64.0 Å². The summed E-state index contributed by atoms with van der Waals surface area (Å²) in [4.78, 5) is 0. The maximum absolute atomic E-state index is 5.28. The summed E-state index contributed by atoms with van der Waals surface area (Å²) in [5, 5.41) is 8.18. The van der Waals surface area contributed by atoms with Crippen LogP contribution < -0.4 is 10.7 Å². The highest BCUT2D eigenvalue weighted by molar-refractivity contribution is 7.80. The smallest absolute Gasteiger partial charge is 0.187 e. The molecule has 1 aliphatic carbocycles. The molecule has 3 nitrogen and oxygen atoms in total. The Labute approximate surface area is 139 Å². The Hall–Kier alpha value is -1.42. The van der Waals surface area contributed by atoms with Crippen molar-refractivity contribution in [3.05, 3.63) is 35.4 Å². The number of thiocarbonyl (C=S) groups is 1. The molecule has 0 aliphatic heterocycles. The van der Waals surface area contributed by atoms with Crippen LogP contribution in [0.4, 0.5) is 0 Å². The third kappa shape index (κ3) is 5.41. The van der Waals surface area contributed by atoms with Gasteiger partial charge in [-0.05, 0) is 41.6 Å². The van der Waals surface area contributed by atoms with E-state index in [1.807, 2.05) is 0 Å². The Morgan fingerprint density at radius 1 is 1.14 bits per heavy atom. The molecule has 22 heavy (non-hydrogen) atoms. The third-order valence-electron chi connectivity index (χ3n) is 4.10. The van der Waals surface area contributed by atoms with Gasteiger partial charge in [-0.15, -0.1) is 0 Å². The molecular weight excluding hydrogens is 290 g/mol. The number of rotatable bonds is 3. The van der Waals surface area contributed by atoms with E-state index in [0.29, 0.717) is 11.2 Å². The van der Waals surface area contributed by atoms with Crippen molar-refractivity contribution in [2.75, 3.05) is 0 Å². The van der Waals surface area contributed by atoms with Gasteiger partial charge in [-0.3, -0.25) is 5.43 Å². The lowest BCUT2D eigenvalue weighted by Gasteiger charge is -2.23. The molecule has 4 heteroatoms. The van der Waals surface area contributed by atoms with E-state index in [1.165, 1.54) is 37.7 Å². The van der Waals surface area contributed by atoms with Gasteiger partial charge < -0.3 is 5.32 Å². The summed E-state index contributed by atoms with van der Waals surface area (Å²) in [6.45, 7) is 6.65. The van der Waals surface area contributed by atoms with Crippen LogP contribution in [0, 0.1) is 0 Å². The average molecular weight is 318 g/mol. The molecule has 0 heterocycles. The summed E-state index contributed by atoms with van der Waals surface area (Å²) in [5.74, 6) is 0. The van der Waals surface area contributed by atoms with Crippen molar-refractivity contribution in [2.45, 2.75) is 64.3 Å². The standard InChI is InChI=1S/C18H27N3S/c1-18(2,3)15-11-9-14(10-12-15)13-19-21-17(22)20-16-7-5-4-6-8-16/h9-13,16H,4-8H2,1-3H3,(H2,20,21,22). The minimum Gasteiger partial charge on any atom is -0.359 e. The normalized spacial score (nSPS) is 16.7. The molecule has 0 bridgehead atoms. The van der Waals surface area contributed by atoms with Crippen LogP contribution in [0.3, 0.4) is 0 Å². The second-order valence-electron chi connectivity index (χ2n) is 7.05. The molecule has 0 atom stereocenters. The van der Waals surface area contributed by atoms with Crippen LogP contribution in [-0.4, -0.2) is 17.4 Å². The molecule has 0 amide bonds. The van der Waals surface area contributed by atoms with Gasteiger partial charge in [0.15, 0.2) is 5.11 Å². The van der Waals surface area contributed by atoms with E-state index in [9.17, 15) is 0 Å². The van der Waals surface area contributed by atoms with Crippen LogP contribution >= 0.6 is 12.2 Å². The van der Waals surface area contributed by atoms with Gasteiger partial charge in [0.2, 0.25) is 0 Å². The molecular formula is C18H27N3S. The summed E-state index contributed by atoms with van der Waals surface area (Å²) in [7, 11) is 0. The Kier molecular flexibility index (Phi) is 5.95. The lowest BCUT2D eigenvalue weighted by atomic mass is 9.87. The molecule has 2 rings (SSSR count). The lowest BCUT2D eigenvalue weighted by molar-refractivity contribution is 0.412. The second kappa shape index (κ2) is 7.73. The van der Waals surface area contributed by atoms with Crippen LogP contribution in [0.25, 0.3) is 0 Å². The molecule has 1 aromatic rings. The monoisotopic (exact) mass is 317 g/mol. The number of hydrogen-bond donors (Lipinski definition) is 2. The predicted molar refractivity (Wildman–Crippen MR) is 98.5 cm³/mol. The molecule has 1 saturated carbocycles. The van der Waals surface area contributed by atoms with E-state index in [2.05, 4.69) is 60.9 Å². The minimum atomic E-state index is 0.180. The highest BCUT2D eigenvalue weighted by Gasteiger charge is 2.14. The van der Waals surface area contributed by atoms with Crippen molar-refractivity contribution in [3.8, 4) is 0 Å². The van der Waals surface area contributed by atoms with Gasteiger partial charge in [-0.2, -0.15) is 5.10 Å². The van der Waals surface area contributed by atoms with E-state index in [0.717, 1.165) is 5.56 Å². The summed E-state index contributed by atoms with van der Waals surface area (Å²) in [6, 6.07) is 8.99. The van der Waals surface area contributed by atoms with E-state index < -0.39 is 0 Å². The van der Waals surface area contributed by atoms with Crippen LogP contribution in [0.2, 0.25) is 0 Å². The van der Waals surface area contributed by atoms with Crippen molar-refractivity contribution < 1.29 is 0 Å². The fourth-order valence-electron chi connectivity index (χ4n) is 2.70. The first-order chi connectivity index (χ1) is 10.4. The fraction of sp³-hybridized carbons (Fsp3) is 0.556. The quantitative estimate of drug-likeness (QED) is 0.500. The highest BCUT2D eigenvalue weighted by atomic mass is 32.1. The molecule has 0 unspecified atom stereocenters. The van der Waals surface area contributed by atoms with Crippen LogP contribution in [0.15, 0.2) is 29.4 Å². The Balaban J connectivity index is 1.80.